The lowest BCUT2D eigenvalue weighted by Gasteiger charge is -2.06. The Labute approximate surface area is 93.8 Å². The highest BCUT2D eigenvalue weighted by molar-refractivity contribution is 7.91. The van der Waals surface area contributed by atoms with Gasteiger partial charge in [-0.05, 0) is 24.0 Å². The molecule has 5 heteroatoms. The van der Waals surface area contributed by atoms with Gasteiger partial charge in [-0.1, -0.05) is 18.2 Å². The van der Waals surface area contributed by atoms with Crippen molar-refractivity contribution in [3.8, 4) is 0 Å². The van der Waals surface area contributed by atoms with E-state index in [1.165, 1.54) is 0 Å². The summed E-state index contributed by atoms with van der Waals surface area (Å²) >= 11 is 0. The molecule has 0 radical (unpaired) electrons. The highest BCUT2D eigenvalue weighted by Gasteiger charge is 2.28. The minimum Gasteiger partial charge on any atom is -0.481 e. The Morgan fingerprint density at radius 2 is 2.12 bits per heavy atom. The highest BCUT2D eigenvalue weighted by Crippen LogP contribution is 2.29. The molecule has 0 fully saturated rings. The zero-order chi connectivity index (χ0) is 11.8. The van der Waals surface area contributed by atoms with Gasteiger partial charge in [0.25, 0.3) is 0 Å². The van der Waals surface area contributed by atoms with Crippen LogP contribution in [0.3, 0.4) is 0 Å². The molecular formula is C11H12O4S. The van der Waals surface area contributed by atoms with Crippen LogP contribution in [0.1, 0.15) is 17.5 Å². The Kier molecular flexibility index (Phi) is 2.71. The van der Waals surface area contributed by atoms with E-state index in [0.717, 1.165) is 5.56 Å². The first-order valence-electron chi connectivity index (χ1n) is 5.06. The summed E-state index contributed by atoms with van der Waals surface area (Å²) in [6.07, 6.45) is 0.780. The van der Waals surface area contributed by atoms with Crippen LogP contribution >= 0.6 is 0 Å². The second kappa shape index (κ2) is 3.90. The van der Waals surface area contributed by atoms with E-state index in [-0.39, 0.29) is 18.6 Å². The van der Waals surface area contributed by atoms with E-state index in [0.29, 0.717) is 16.9 Å². The van der Waals surface area contributed by atoms with Gasteiger partial charge < -0.3 is 5.11 Å². The molecule has 0 amide bonds. The molecule has 0 saturated heterocycles. The molecule has 1 aliphatic heterocycles. The summed E-state index contributed by atoms with van der Waals surface area (Å²) < 4.78 is 23.5. The Bertz CT molecular complexity index is 531. The second-order valence-electron chi connectivity index (χ2n) is 3.87. The van der Waals surface area contributed by atoms with E-state index in [1.54, 1.807) is 18.2 Å². The summed E-state index contributed by atoms with van der Waals surface area (Å²) in [5.74, 6) is -0.764. The van der Waals surface area contributed by atoms with Crippen molar-refractivity contribution < 1.29 is 18.3 Å². The number of hydrogen-bond donors (Lipinski definition) is 1. The molecule has 0 aliphatic carbocycles. The van der Waals surface area contributed by atoms with Crippen molar-refractivity contribution in [2.45, 2.75) is 24.2 Å². The summed E-state index contributed by atoms with van der Waals surface area (Å²) in [5.41, 5.74) is 1.46. The fourth-order valence-electron chi connectivity index (χ4n) is 2.02. The smallest absolute Gasteiger partial charge is 0.303 e. The molecule has 1 heterocycles. The standard InChI is InChI=1S/C11H12O4S/c12-10(13)5-4-8-2-1-3-9-6-7-16(14,15)11(8)9/h1-3H,4-7H2,(H,12,13). The number of rotatable bonds is 3. The molecule has 0 spiro atoms. The molecule has 0 aromatic heterocycles. The first kappa shape index (κ1) is 11.1. The van der Waals surface area contributed by atoms with E-state index >= 15 is 0 Å². The first-order valence-corrected chi connectivity index (χ1v) is 6.71. The monoisotopic (exact) mass is 240 g/mol. The molecule has 16 heavy (non-hydrogen) atoms. The number of carboxylic acids is 1. The van der Waals surface area contributed by atoms with E-state index in [2.05, 4.69) is 0 Å². The molecule has 0 unspecified atom stereocenters. The van der Waals surface area contributed by atoms with Crippen molar-refractivity contribution >= 4 is 15.8 Å². The van der Waals surface area contributed by atoms with Crippen molar-refractivity contribution in [2.24, 2.45) is 0 Å². The third-order valence-corrected chi connectivity index (χ3v) is 4.63. The van der Waals surface area contributed by atoms with Crippen molar-refractivity contribution in [1.29, 1.82) is 0 Å². The molecule has 4 nitrogen and oxygen atoms in total. The summed E-state index contributed by atoms with van der Waals surface area (Å²) in [7, 11) is -3.18. The van der Waals surface area contributed by atoms with E-state index in [9.17, 15) is 13.2 Å². The number of aryl methyl sites for hydroxylation is 2. The van der Waals surface area contributed by atoms with Crippen LogP contribution in [-0.2, 0) is 27.5 Å². The fraction of sp³-hybridized carbons (Fsp3) is 0.364. The van der Waals surface area contributed by atoms with Gasteiger partial charge in [-0.2, -0.15) is 0 Å². The molecule has 1 N–H and O–H groups in total. The summed E-state index contributed by atoms with van der Waals surface area (Å²) in [5, 5.41) is 8.60. The predicted octanol–water partition coefficient (Wildman–Crippen LogP) is 1.03. The van der Waals surface area contributed by atoms with Gasteiger partial charge in [-0.25, -0.2) is 8.42 Å². The molecule has 1 aromatic rings. The Hall–Kier alpha value is -1.36. The molecule has 0 bridgehead atoms. The zero-order valence-electron chi connectivity index (χ0n) is 8.64. The summed E-state index contributed by atoms with van der Waals surface area (Å²) in [4.78, 5) is 10.9. The molecule has 86 valence electrons. The third-order valence-electron chi connectivity index (χ3n) is 2.74. The van der Waals surface area contributed by atoms with Crippen LogP contribution in [0.4, 0.5) is 0 Å². The van der Waals surface area contributed by atoms with Crippen LogP contribution < -0.4 is 0 Å². The van der Waals surface area contributed by atoms with Crippen molar-refractivity contribution in [3.63, 3.8) is 0 Å². The molecular weight excluding hydrogens is 228 g/mol. The number of carboxylic acid groups (broad SMARTS) is 1. The Morgan fingerprint density at radius 1 is 1.38 bits per heavy atom. The maximum absolute atomic E-state index is 11.8. The van der Waals surface area contributed by atoms with E-state index in [1.807, 2.05) is 0 Å². The predicted molar refractivity (Wildman–Crippen MR) is 58.2 cm³/mol. The number of carbonyl (C=O) groups is 1. The van der Waals surface area contributed by atoms with Crippen molar-refractivity contribution in [1.82, 2.24) is 0 Å². The van der Waals surface area contributed by atoms with Crippen LogP contribution in [0.15, 0.2) is 23.1 Å². The van der Waals surface area contributed by atoms with Crippen molar-refractivity contribution in [2.75, 3.05) is 5.75 Å². The quantitative estimate of drug-likeness (QED) is 0.856. The lowest BCUT2D eigenvalue weighted by atomic mass is 10.1. The van der Waals surface area contributed by atoms with Gasteiger partial charge in [0.1, 0.15) is 0 Å². The van der Waals surface area contributed by atoms with Crippen LogP contribution in [-0.4, -0.2) is 25.2 Å². The van der Waals surface area contributed by atoms with Gasteiger partial charge in [0.15, 0.2) is 9.84 Å². The van der Waals surface area contributed by atoms with Crippen molar-refractivity contribution in [3.05, 3.63) is 29.3 Å². The van der Waals surface area contributed by atoms with Gasteiger partial charge in [-0.15, -0.1) is 0 Å². The Morgan fingerprint density at radius 3 is 2.81 bits per heavy atom. The van der Waals surface area contributed by atoms with Gasteiger partial charge in [0, 0.05) is 6.42 Å². The number of aliphatic carboxylic acids is 1. The Balaban J connectivity index is 2.41. The second-order valence-corrected chi connectivity index (χ2v) is 5.91. The minimum absolute atomic E-state index is 0.0357. The SMILES string of the molecule is O=C(O)CCc1cccc2c1S(=O)(=O)CC2. The van der Waals surface area contributed by atoms with Crippen LogP contribution in [0.2, 0.25) is 0 Å². The normalized spacial score (nSPS) is 17.0. The van der Waals surface area contributed by atoms with E-state index < -0.39 is 15.8 Å². The number of benzene rings is 1. The van der Waals surface area contributed by atoms with Crippen LogP contribution in [0, 0.1) is 0 Å². The largest absolute Gasteiger partial charge is 0.481 e. The van der Waals surface area contributed by atoms with Crippen LogP contribution in [0.25, 0.3) is 0 Å². The van der Waals surface area contributed by atoms with Gasteiger partial charge >= 0.3 is 5.97 Å². The summed E-state index contributed by atoms with van der Waals surface area (Å²) in [6.45, 7) is 0. The maximum Gasteiger partial charge on any atom is 0.303 e. The first-order chi connectivity index (χ1) is 7.50. The minimum atomic E-state index is -3.18. The number of sulfone groups is 1. The average Bonchev–Trinajstić information content (AvgIpc) is 2.53. The molecule has 0 atom stereocenters. The number of hydrogen-bond acceptors (Lipinski definition) is 3. The summed E-state index contributed by atoms with van der Waals surface area (Å²) in [6, 6.07) is 5.28. The highest BCUT2D eigenvalue weighted by atomic mass is 32.2. The molecule has 2 rings (SSSR count). The fourth-order valence-corrected chi connectivity index (χ4v) is 3.85. The molecule has 0 saturated carbocycles. The lowest BCUT2D eigenvalue weighted by molar-refractivity contribution is -0.136. The number of fused-ring (bicyclic) bond motifs is 1. The zero-order valence-corrected chi connectivity index (χ0v) is 9.46. The molecule has 1 aliphatic rings. The average molecular weight is 240 g/mol. The van der Waals surface area contributed by atoms with Gasteiger partial charge in [0.05, 0.1) is 10.6 Å². The maximum atomic E-state index is 11.8. The molecule has 1 aromatic carbocycles. The lowest BCUT2D eigenvalue weighted by Crippen LogP contribution is -2.05. The van der Waals surface area contributed by atoms with Crippen LogP contribution in [0.5, 0.6) is 0 Å². The van der Waals surface area contributed by atoms with Gasteiger partial charge in [0.2, 0.25) is 0 Å². The third kappa shape index (κ3) is 1.95. The van der Waals surface area contributed by atoms with E-state index in [4.69, 9.17) is 5.11 Å². The van der Waals surface area contributed by atoms with Gasteiger partial charge in [-0.3, -0.25) is 4.79 Å². The topological polar surface area (TPSA) is 71.4 Å².